The molecule has 0 radical (unpaired) electrons. The molecule has 0 aliphatic rings. The number of anilines is 1. The number of sulfonamides is 1. The highest BCUT2D eigenvalue weighted by Gasteiger charge is 2.17. The van der Waals surface area contributed by atoms with Gasteiger partial charge in [-0.05, 0) is 38.0 Å². The predicted octanol–water partition coefficient (Wildman–Crippen LogP) is 2.83. The zero-order valence-electron chi connectivity index (χ0n) is 11.9. The quantitative estimate of drug-likeness (QED) is 0.922. The lowest BCUT2D eigenvalue weighted by Crippen LogP contribution is -2.12. The van der Waals surface area contributed by atoms with Crippen LogP contribution in [0, 0.1) is 0 Å². The average Bonchev–Trinajstić information content (AvgIpc) is 2.90. The number of benzene rings is 1. The molecule has 1 N–H and O–H groups in total. The smallest absolute Gasteiger partial charge is 0.265 e. The lowest BCUT2D eigenvalue weighted by molar-refractivity contribution is 0.531. The monoisotopic (exact) mass is 293 g/mol. The topological polar surface area (TPSA) is 64.0 Å². The van der Waals surface area contributed by atoms with Crippen LogP contribution in [0.15, 0.2) is 41.6 Å². The third kappa shape index (κ3) is 3.19. The Kier molecular flexibility index (Phi) is 4.13. The van der Waals surface area contributed by atoms with Crippen LogP contribution in [0.1, 0.15) is 32.4 Å². The molecule has 0 unspecified atom stereocenters. The van der Waals surface area contributed by atoms with E-state index >= 15 is 0 Å². The largest absolute Gasteiger partial charge is 0.280 e. The Morgan fingerprint density at radius 2 is 1.90 bits per heavy atom. The Bertz CT molecular complexity index is 673. The SMILES string of the molecule is CCc1ccc(NS(=O)(=O)c2cnn(C(C)C)c2)cc1. The Balaban J connectivity index is 2.21. The van der Waals surface area contributed by atoms with Gasteiger partial charge in [0.15, 0.2) is 0 Å². The summed E-state index contributed by atoms with van der Waals surface area (Å²) in [7, 11) is -3.58. The molecule has 0 fully saturated rings. The molecular formula is C14H19N3O2S. The summed E-state index contributed by atoms with van der Waals surface area (Å²) in [6, 6.07) is 7.49. The zero-order valence-corrected chi connectivity index (χ0v) is 12.7. The van der Waals surface area contributed by atoms with E-state index in [4.69, 9.17) is 0 Å². The van der Waals surface area contributed by atoms with Crippen molar-refractivity contribution in [3.8, 4) is 0 Å². The van der Waals surface area contributed by atoms with E-state index in [1.807, 2.05) is 26.0 Å². The highest BCUT2D eigenvalue weighted by atomic mass is 32.2. The maximum Gasteiger partial charge on any atom is 0.265 e. The number of nitrogens with zero attached hydrogens (tertiary/aromatic N) is 2. The van der Waals surface area contributed by atoms with Gasteiger partial charge in [-0.2, -0.15) is 5.10 Å². The number of rotatable bonds is 5. The summed E-state index contributed by atoms with van der Waals surface area (Å²) in [6.45, 7) is 5.94. The van der Waals surface area contributed by atoms with Gasteiger partial charge in [0, 0.05) is 17.9 Å². The van der Waals surface area contributed by atoms with Crippen LogP contribution in [0.25, 0.3) is 0 Å². The van der Waals surface area contributed by atoms with Crippen LogP contribution in [0.4, 0.5) is 5.69 Å². The fourth-order valence-electron chi connectivity index (χ4n) is 1.76. The van der Waals surface area contributed by atoms with E-state index in [1.165, 1.54) is 18.0 Å². The third-order valence-electron chi connectivity index (χ3n) is 3.03. The summed E-state index contributed by atoms with van der Waals surface area (Å²) in [5.74, 6) is 0. The molecule has 0 saturated heterocycles. The second-order valence-corrected chi connectivity index (χ2v) is 6.59. The van der Waals surface area contributed by atoms with Crippen LogP contribution in [0.5, 0.6) is 0 Å². The summed E-state index contributed by atoms with van der Waals surface area (Å²) in [6.07, 6.45) is 3.82. The molecule has 108 valence electrons. The normalized spacial score (nSPS) is 11.8. The van der Waals surface area contributed by atoms with Crippen molar-refractivity contribution in [1.82, 2.24) is 9.78 Å². The van der Waals surface area contributed by atoms with Crippen molar-refractivity contribution in [2.75, 3.05) is 4.72 Å². The van der Waals surface area contributed by atoms with Gasteiger partial charge in [-0.1, -0.05) is 19.1 Å². The van der Waals surface area contributed by atoms with Gasteiger partial charge in [-0.3, -0.25) is 9.40 Å². The Labute approximate surface area is 119 Å². The first-order valence-corrected chi connectivity index (χ1v) is 8.06. The summed E-state index contributed by atoms with van der Waals surface area (Å²) in [4.78, 5) is 0.172. The standard InChI is InChI=1S/C14H19N3O2S/c1-4-12-5-7-13(8-6-12)16-20(18,19)14-9-15-17(10-14)11(2)3/h5-11,16H,4H2,1-3H3. The summed E-state index contributed by atoms with van der Waals surface area (Å²) < 4.78 is 28.6. The zero-order chi connectivity index (χ0) is 14.8. The number of nitrogens with one attached hydrogen (secondary N) is 1. The van der Waals surface area contributed by atoms with Crippen LogP contribution in [-0.2, 0) is 16.4 Å². The number of aryl methyl sites for hydroxylation is 1. The summed E-state index contributed by atoms with van der Waals surface area (Å²) in [5, 5.41) is 4.05. The van der Waals surface area contributed by atoms with Crippen molar-refractivity contribution in [2.24, 2.45) is 0 Å². The van der Waals surface area contributed by atoms with Crippen LogP contribution >= 0.6 is 0 Å². The molecule has 0 atom stereocenters. The second-order valence-electron chi connectivity index (χ2n) is 4.91. The van der Waals surface area contributed by atoms with Crippen molar-refractivity contribution in [1.29, 1.82) is 0 Å². The van der Waals surface area contributed by atoms with E-state index < -0.39 is 10.0 Å². The molecule has 2 aromatic rings. The molecule has 0 spiro atoms. The first-order chi connectivity index (χ1) is 9.42. The second kappa shape index (κ2) is 5.66. The van der Waals surface area contributed by atoms with E-state index in [9.17, 15) is 8.42 Å². The van der Waals surface area contributed by atoms with Crippen LogP contribution in [0.3, 0.4) is 0 Å². The van der Waals surface area contributed by atoms with Crippen LogP contribution in [0.2, 0.25) is 0 Å². The van der Waals surface area contributed by atoms with Crippen molar-refractivity contribution >= 4 is 15.7 Å². The summed E-state index contributed by atoms with van der Waals surface area (Å²) >= 11 is 0. The van der Waals surface area contributed by atoms with E-state index in [0.717, 1.165) is 6.42 Å². The molecular weight excluding hydrogens is 274 g/mol. The molecule has 0 aliphatic heterocycles. The van der Waals surface area contributed by atoms with Gasteiger partial charge < -0.3 is 0 Å². The lowest BCUT2D eigenvalue weighted by atomic mass is 10.2. The molecule has 5 nitrogen and oxygen atoms in total. The number of aromatic nitrogens is 2. The maximum atomic E-state index is 12.2. The van der Waals surface area contributed by atoms with Gasteiger partial charge in [0.05, 0.1) is 6.20 Å². The fraction of sp³-hybridized carbons (Fsp3) is 0.357. The molecule has 1 aromatic heterocycles. The van der Waals surface area contributed by atoms with E-state index in [0.29, 0.717) is 5.69 Å². The molecule has 0 aliphatic carbocycles. The van der Waals surface area contributed by atoms with Gasteiger partial charge >= 0.3 is 0 Å². The average molecular weight is 293 g/mol. The molecule has 1 heterocycles. The molecule has 0 amide bonds. The fourth-order valence-corrected chi connectivity index (χ4v) is 2.76. The first-order valence-electron chi connectivity index (χ1n) is 6.58. The van der Waals surface area contributed by atoms with E-state index in [-0.39, 0.29) is 10.9 Å². The predicted molar refractivity (Wildman–Crippen MR) is 79.2 cm³/mol. The minimum atomic E-state index is -3.58. The van der Waals surface area contributed by atoms with E-state index in [2.05, 4.69) is 16.7 Å². The maximum absolute atomic E-state index is 12.2. The van der Waals surface area contributed by atoms with E-state index in [1.54, 1.807) is 16.8 Å². The molecule has 20 heavy (non-hydrogen) atoms. The van der Waals surface area contributed by atoms with Gasteiger partial charge in [-0.25, -0.2) is 8.42 Å². The summed E-state index contributed by atoms with van der Waals surface area (Å²) in [5.41, 5.74) is 1.72. The van der Waals surface area contributed by atoms with Gasteiger partial charge in [0.1, 0.15) is 4.90 Å². The number of hydrogen-bond donors (Lipinski definition) is 1. The van der Waals surface area contributed by atoms with Crippen molar-refractivity contribution in [2.45, 2.75) is 38.1 Å². The Hall–Kier alpha value is -1.82. The van der Waals surface area contributed by atoms with Crippen molar-refractivity contribution in [3.05, 3.63) is 42.2 Å². The van der Waals surface area contributed by atoms with Gasteiger partial charge in [-0.15, -0.1) is 0 Å². The highest BCUT2D eigenvalue weighted by Crippen LogP contribution is 2.17. The van der Waals surface area contributed by atoms with Crippen molar-refractivity contribution < 1.29 is 8.42 Å². The minimum Gasteiger partial charge on any atom is -0.280 e. The lowest BCUT2D eigenvalue weighted by Gasteiger charge is -2.07. The minimum absolute atomic E-state index is 0.128. The number of hydrogen-bond acceptors (Lipinski definition) is 3. The highest BCUT2D eigenvalue weighted by molar-refractivity contribution is 7.92. The van der Waals surface area contributed by atoms with Crippen LogP contribution in [-0.4, -0.2) is 18.2 Å². The van der Waals surface area contributed by atoms with Crippen LogP contribution < -0.4 is 4.72 Å². The Morgan fingerprint density at radius 3 is 2.40 bits per heavy atom. The third-order valence-corrected chi connectivity index (χ3v) is 4.37. The first kappa shape index (κ1) is 14.6. The molecule has 6 heteroatoms. The van der Waals surface area contributed by atoms with Gasteiger partial charge in [0.2, 0.25) is 0 Å². The van der Waals surface area contributed by atoms with Crippen molar-refractivity contribution in [3.63, 3.8) is 0 Å². The molecule has 0 saturated carbocycles. The molecule has 2 rings (SSSR count). The molecule has 0 bridgehead atoms. The van der Waals surface area contributed by atoms with Gasteiger partial charge in [0.25, 0.3) is 10.0 Å². The molecule has 1 aromatic carbocycles. The Morgan fingerprint density at radius 1 is 1.25 bits per heavy atom.